The van der Waals surface area contributed by atoms with E-state index in [4.69, 9.17) is 10.5 Å². The molecule has 6 nitrogen and oxygen atoms in total. The minimum absolute atomic E-state index is 0. The Hall–Kier alpha value is -2.57. The number of ether oxygens (including phenoxy) is 1. The van der Waals surface area contributed by atoms with Crippen LogP contribution in [0, 0.1) is 5.41 Å². The van der Waals surface area contributed by atoms with Crippen LogP contribution in [0.25, 0.3) is 0 Å². The summed E-state index contributed by atoms with van der Waals surface area (Å²) in [6.07, 6.45) is 5.99. The smallest absolute Gasteiger partial charge is 0.255 e. The molecule has 0 heterocycles. The van der Waals surface area contributed by atoms with Gasteiger partial charge in [-0.25, -0.2) is 0 Å². The molecule has 30 heavy (non-hydrogen) atoms. The molecule has 0 bridgehead atoms. The van der Waals surface area contributed by atoms with Gasteiger partial charge in [0, 0.05) is 23.4 Å². The lowest BCUT2D eigenvalue weighted by Gasteiger charge is -2.35. The minimum atomic E-state index is -0.211. The van der Waals surface area contributed by atoms with Crippen molar-refractivity contribution in [3.8, 4) is 5.75 Å². The molecule has 0 atom stereocenters. The van der Waals surface area contributed by atoms with E-state index in [1.807, 2.05) is 0 Å². The second-order valence-corrected chi connectivity index (χ2v) is 7.75. The van der Waals surface area contributed by atoms with Gasteiger partial charge in [-0.05, 0) is 73.3 Å². The summed E-state index contributed by atoms with van der Waals surface area (Å²) in [4.78, 5) is 24.9. The van der Waals surface area contributed by atoms with Gasteiger partial charge in [-0.15, -0.1) is 12.4 Å². The van der Waals surface area contributed by atoms with Gasteiger partial charge in [0.05, 0.1) is 7.11 Å². The number of halogens is 1. The molecule has 0 radical (unpaired) electrons. The molecule has 0 aromatic heterocycles. The highest BCUT2D eigenvalue weighted by molar-refractivity contribution is 6.04. The Kier molecular flexibility index (Phi) is 8.69. The van der Waals surface area contributed by atoms with E-state index in [0.717, 1.165) is 31.4 Å². The Bertz CT molecular complexity index is 832. The monoisotopic (exact) mass is 431 g/mol. The molecule has 0 unspecified atom stereocenters. The Morgan fingerprint density at radius 1 is 0.933 bits per heavy atom. The summed E-state index contributed by atoms with van der Waals surface area (Å²) < 4.78 is 5.11. The number of hydrogen-bond acceptors (Lipinski definition) is 4. The number of carbonyl (C=O) groups excluding carboxylic acids is 2. The lowest BCUT2D eigenvalue weighted by atomic mass is 9.71. The molecule has 0 spiro atoms. The Morgan fingerprint density at radius 3 is 2.07 bits per heavy atom. The fraction of sp³-hybridized carbons (Fsp3) is 0.391. The molecule has 2 aromatic rings. The third kappa shape index (κ3) is 6.21. The van der Waals surface area contributed by atoms with E-state index in [0.29, 0.717) is 29.9 Å². The third-order valence-corrected chi connectivity index (χ3v) is 5.66. The van der Waals surface area contributed by atoms with E-state index in [9.17, 15) is 9.59 Å². The number of nitrogens with two attached hydrogens (primary N) is 1. The molecule has 2 aromatic carbocycles. The summed E-state index contributed by atoms with van der Waals surface area (Å²) in [6, 6.07) is 14.0. The zero-order valence-electron chi connectivity index (χ0n) is 17.3. The van der Waals surface area contributed by atoms with Crippen LogP contribution < -0.4 is 21.1 Å². The van der Waals surface area contributed by atoms with Gasteiger partial charge in [0.1, 0.15) is 5.75 Å². The lowest BCUT2D eigenvalue weighted by molar-refractivity contribution is -0.118. The molecule has 0 aliphatic heterocycles. The number of rotatable bonds is 7. The normalized spacial score (nSPS) is 14.9. The predicted molar refractivity (Wildman–Crippen MR) is 122 cm³/mol. The maximum Gasteiger partial charge on any atom is 0.255 e. The van der Waals surface area contributed by atoms with Gasteiger partial charge in [0.15, 0.2) is 0 Å². The summed E-state index contributed by atoms with van der Waals surface area (Å²) in [5.74, 6) is 0.498. The highest BCUT2D eigenvalue weighted by Crippen LogP contribution is 2.38. The van der Waals surface area contributed by atoms with Crippen molar-refractivity contribution in [2.24, 2.45) is 11.1 Å². The molecular weight excluding hydrogens is 402 g/mol. The van der Waals surface area contributed by atoms with Crippen LogP contribution in [0.3, 0.4) is 0 Å². The molecule has 1 aliphatic rings. The van der Waals surface area contributed by atoms with Crippen molar-refractivity contribution in [2.45, 2.75) is 38.5 Å². The van der Waals surface area contributed by atoms with E-state index < -0.39 is 0 Å². The van der Waals surface area contributed by atoms with Gasteiger partial charge in [0.25, 0.3) is 5.91 Å². The molecule has 0 saturated heterocycles. The average molecular weight is 432 g/mol. The van der Waals surface area contributed by atoms with Gasteiger partial charge < -0.3 is 21.1 Å². The number of methoxy groups -OCH3 is 1. The number of hydrogen-bond donors (Lipinski definition) is 3. The van der Waals surface area contributed by atoms with E-state index in [-0.39, 0.29) is 29.6 Å². The second-order valence-electron chi connectivity index (χ2n) is 7.75. The molecule has 7 heteroatoms. The highest BCUT2D eigenvalue weighted by atomic mass is 35.5. The first-order valence-corrected chi connectivity index (χ1v) is 10.1. The van der Waals surface area contributed by atoms with Gasteiger partial charge in [0.2, 0.25) is 5.91 Å². The van der Waals surface area contributed by atoms with E-state index in [1.54, 1.807) is 55.6 Å². The Balaban J connectivity index is 0.00000320. The van der Waals surface area contributed by atoms with Crippen molar-refractivity contribution in [2.75, 3.05) is 24.3 Å². The molecule has 1 saturated carbocycles. The fourth-order valence-electron chi connectivity index (χ4n) is 3.88. The summed E-state index contributed by atoms with van der Waals surface area (Å²) in [5, 5.41) is 5.78. The van der Waals surface area contributed by atoms with Crippen LogP contribution in [-0.4, -0.2) is 25.5 Å². The third-order valence-electron chi connectivity index (χ3n) is 5.66. The molecule has 4 N–H and O–H groups in total. The van der Waals surface area contributed by atoms with Crippen molar-refractivity contribution >= 4 is 35.6 Å². The molecule has 2 amide bonds. The van der Waals surface area contributed by atoms with Crippen LogP contribution in [0.15, 0.2) is 48.5 Å². The molecular formula is C23H30ClN3O3. The summed E-state index contributed by atoms with van der Waals surface area (Å²) in [6.45, 7) is 0.547. The van der Waals surface area contributed by atoms with Crippen LogP contribution in [0.2, 0.25) is 0 Å². The summed E-state index contributed by atoms with van der Waals surface area (Å²) >= 11 is 0. The topological polar surface area (TPSA) is 93.5 Å². The lowest BCUT2D eigenvalue weighted by Crippen LogP contribution is -2.36. The summed E-state index contributed by atoms with van der Waals surface area (Å²) in [5.41, 5.74) is 7.80. The Labute approximate surface area is 184 Å². The fourth-order valence-corrected chi connectivity index (χ4v) is 3.88. The SMILES string of the molecule is COc1ccc(NC(=O)c2ccc(NC(=O)CC3(CN)CCCCC3)cc2)cc1.Cl. The van der Waals surface area contributed by atoms with Crippen molar-refractivity contribution in [3.63, 3.8) is 0 Å². The van der Waals surface area contributed by atoms with Crippen LogP contribution in [0.4, 0.5) is 11.4 Å². The number of benzene rings is 2. The van der Waals surface area contributed by atoms with Gasteiger partial charge in [-0.1, -0.05) is 19.3 Å². The number of carbonyl (C=O) groups is 2. The molecule has 162 valence electrons. The molecule has 3 rings (SSSR count). The maximum atomic E-state index is 12.5. The second kappa shape index (κ2) is 11.0. The zero-order chi connectivity index (χ0) is 20.7. The highest BCUT2D eigenvalue weighted by Gasteiger charge is 2.32. The van der Waals surface area contributed by atoms with Gasteiger partial charge >= 0.3 is 0 Å². The number of amides is 2. The standard InChI is InChI=1S/C23H29N3O3.ClH/c1-29-20-11-9-19(10-12-20)26-22(28)17-5-7-18(8-6-17)25-21(27)15-23(16-24)13-3-2-4-14-23;/h5-12H,2-4,13-16,24H2,1H3,(H,25,27)(H,26,28);1H. The average Bonchev–Trinajstić information content (AvgIpc) is 2.75. The zero-order valence-corrected chi connectivity index (χ0v) is 18.1. The van der Waals surface area contributed by atoms with Crippen molar-refractivity contribution in [3.05, 3.63) is 54.1 Å². The molecule has 1 fully saturated rings. The van der Waals surface area contributed by atoms with Crippen LogP contribution in [-0.2, 0) is 4.79 Å². The van der Waals surface area contributed by atoms with E-state index in [1.165, 1.54) is 6.42 Å². The van der Waals surface area contributed by atoms with Crippen LogP contribution in [0.5, 0.6) is 5.75 Å². The number of nitrogens with one attached hydrogen (secondary N) is 2. The number of anilines is 2. The van der Waals surface area contributed by atoms with Crippen molar-refractivity contribution in [1.29, 1.82) is 0 Å². The first kappa shape index (κ1) is 23.7. The van der Waals surface area contributed by atoms with E-state index >= 15 is 0 Å². The van der Waals surface area contributed by atoms with Gasteiger partial charge in [-0.2, -0.15) is 0 Å². The summed E-state index contributed by atoms with van der Waals surface area (Å²) in [7, 11) is 1.60. The largest absolute Gasteiger partial charge is 0.497 e. The van der Waals surface area contributed by atoms with E-state index in [2.05, 4.69) is 10.6 Å². The minimum Gasteiger partial charge on any atom is -0.497 e. The van der Waals surface area contributed by atoms with Crippen molar-refractivity contribution in [1.82, 2.24) is 0 Å². The maximum absolute atomic E-state index is 12.5. The van der Waals surface area contributed by atoms with Crippen LogP contribution in [0.1, 0.15) is 48.9 Å². The molecule has 1 aliphatic carbocycles. The van der Waals surface area contributed by atoms with Crippen LogP contribution >= 0.6 is 12.4 Å². The quantitative estimate of drug-likeness (QED) is 0.596. The predicted octanol–water partition coefficient (Wildman–Crippen LogP) is 4.61. The Morgan fingerprint density at radius 2 is 1.50 bits per heavy atom. The first-order valence-electron chi connectivity index (χ1n) is 10.1. The van der Waals surface area contributed by atoms with Gasteiger partial charge in [-0.3, -0.25) is 9.59 Å². The van der Waals surface area contributed by atoms with Crippen molar-refractivity contribution < 1.29 is 14.3 Å². The first-order chi connectivity index (χ1) is 14.0.